The largest absolute Gasteiger partial charge is 0.308 e. The van der Waals surface area contributed by atoms with Crippen LogP contribution in [-0.4, -0.2) is 79.1 Å². The molecule has 0 aromatic rings. The second-order valence-corrected chi connectivity index (χ2v) is 4.78. The Kier molecular flexibility index (Phi) is 4.92. The molecule has 18 heavy (non-hydrogen) atoms. The predicted molar refractivity (Wildman–Crippen MR) is 73.5 cm³/mol. The lowest BCUT2D eigenvalue weighted by molar-refractivity contribution is -0.142. The molecule has 0 bridgehead atoms. The molecule has 0 radical (unpaired) electrons. The van der Waals surface area contributed by atoms with Crippen molar-refractivity contribution in [3.05, 3.63) is 0 Å². The minimum absolute atomic E-state index is 0.225. The predicted octanol–water partition coefficient (Wildman–Crippen LogP) is -0.550. The fourth-order valence-electron chi connectivity index (χ4n) is 1.50. The Morgan fingerprint density at radius 1 is 1.28 bits per heavy atom. The molecule has 1 aliphatic rings. The lowest BCUT2D eigenvalue weighted by atomic mass is 10.1. The Hall–Kier alpha value is -1.34. The first kappa shape index (κ1) is 14.7. The maximum atomic E-state index is 11.9. The summed E-state index contributed by atoms with van der Waals surface area (Å²) >= 11 is 4.99. The molecule has 2 amide bonds. The molecule has 1 rings (SSSR count). The van der Waals surface area contributed by atoms with Gasteiger partial charge >= 0.3 is 0 Å². The molecule has 0 atom stereocenters. The fourth-order valence-corrected chi connectivity index (χ4v) is 1.68. The third kappa shape index (κ3) is 3.11. The highest BCUT2D eigenvalue weighted by Crippen LogP contribution is 2.13. The van der Waals surface area contributed by atoms with E-state index in [2.05, 4.69) is 4.99 Å². The molecule has 0 aromatic carbocycles. The molecular weight excluding hydrogens is 252 g/mol. The molecule has 100 valence electrons. The van der Waals surface area contributed by atoms with Crippen LogP contribution in [0.5, 0.6) is 0 Å². The van der Waals surface area contributed by atoms with E-state index in [0.717, 1.165) is 6.54 Å². The van der Waals surface area contributed by atoms with Crippen LogP contribution in [0.1, 0.15) is 0 Å². The number of nitrogens with zero attached hydrogens (tertiary/aromatic N) is 4. The van der Waals surface area contributed by atoms with E-state index in [9.17, 15) is 9.59 Å². The SMILES string of the molecule is CN(C)CCN=CC1C(=O)N(C)C(=S)N(C)C1=O. The first-order chi connectivity index (χ1) is 8.36. The van der Waals surface area contributed by atoms with E-state index in [4.69, 9.17) is 12.2 Å². The smallest absolute Gasteiger partial charge is 0.246 e. The molecule has 1 aliphatic heterocycles. The van der Waals surface area contributed by atoms with Crippen molar-refractivity contribution >= 4 is 35.4 Å². The van der Waals surface area contributed by atoms with E-state index in [0.29, 0.717) is 6.54 Å². The zero-order valence-corrected chi connectivity index (χ0v) is 11.9. The van der Waals surface area contributed by atoms with Crippen molar-refractivity contribution in [2.24, 2.45) is 10.9 Å². The molecular formula is C11H18N4O2S. The number of rotatable bonds is 4. The summed E-state index contributed by atoms with van der Waals surface area (Å²) in [7, 11) is 7.00. The van der Waals surface area contributed by atoms with Crippen molar-refractivity contribution in [3.8, 4) is 0 Å². The number of thiocarbonyl (C=S) groups is 1. The van der Waals surface area contributed by atoms with Crippen LogP contribution >= 0.6 is 12.2 Å². The van der Waals surface area contributed by atoms with Crippen molar-refractivity contribution in [3.63, 3.8) is 0 Å². The second kappa shape index (κ2) is 6.01. The molecule has 6 nitrogen and oxygen atoms in total. The van der Waals surface area contributed by atoms with Crippen LogP contribution in [0, 0.1) is 5.92 Å². The quantitative estimate of drug-likeness (QED) is 0.391. The zero-order valence-electron chi connectivity index (χ0n) is 11.1. The van der Waals surface area contributed by atoms with Crippen LogP contribution in [-0.2, 0) is 9.59 Å². The Morgan fingerprint density at radius 3 is 2.22 bits per heavy atom. The molecule has 1 heterocycles. The number of hydrogen-bond donors (Lipinski definition) is 0. The van der Waals surface area contributed by atoms with Crippen LogP contribution in [0.15, 0.2) is 4.99 Å². The number of carbonyl (C=O) groups excluding carboxylic acids is 2. The summed E-state index contributed by atoms with van der Waals surface area (Å²) in [4.78, 5) is 32.5. The van der Waals surface area contributed by atoms with Crippen LogP contribution in [0.2, 0.25) is 0 Å². The van der Waals surface area contributed by atoms with Gasteiger partial charge in [0.2, 0.25) is 11.8 Å². The molecule has 0 aliphatic carbocycles. The highest BCUT2D eigenvalue weighted by molar-refractivity contribution is 7.80. The Labute approximate surface area is 112 Å². The van der Waals surface area contributed by atoms with Gasteiger partial charge in [-0.05, 0) is 26.3 Å². The second-order valence-electron chi connectivity index (χ2n) is 4.41. The van der Waals surface area contributed by atoms with Gasteiger partial charge in [0, 0.05) is 26.9 Å². The maximum Gasteiger partial charge on any atom is 0.246 e. The highest BCUT2D eigenvalue weighted by atomic mass is 32.1. The van der Waals surface area contributed by atoms with Gasteiger partial charge in [0.25, 0.3) is 0 Å². The summed E-state index contributed by atoms with van der Waals surface area (Å²) in [6.07, 6.45) is 1.42. The summed E-state index contributed by atoms with van der Waals surface area (Å²) in [5.41, 5.74) is 0. The van der Waals surface area contributed by atoms with Crippen LogP contribution in [0.4, 0.5) is 0 Å². The minimum atomic E-state index is -0.853. The van der Waals surface area contributed by atoms with E-state index in [-0.39, 0.29) is 16.9 Å². The molecule has 1 fully saturated rings. The van der Waals surface area contributed by atoms with Gasteiger partial charge in [-0.3, -0.25) is 24.4 Å². The summed E-state index contributed by atoms with van der Waals surface area (Å²) < 4.78 is 0. The first-order valence-electron chi connectivity index (χ1n) is 5.60. The topological polar surface area (TPSA) is 56.2 Å². The monoisotopic (exact) mass is 270 g/mol. The molecule has 1 saturated heterocycles. The number of carbonyl (C=O) groups is 2. The number of amides is 2. The molecule has 0 spiro atoms. The van der Waals surface area contributed by atoms with Crippen molar-refractivity contribution in [1.82, 2.24) is 14.7 Å². The van der Waals surface area contributed by atoms with Gasteiger partial charge in [0.15, 0.2) is 11.0 Å². The van der Waals surface area contributed by atoms with Gasteiger partial charge in [-0.25, -0.2) is 0 Å². The highest BCUT2D eigenvalue weighted by Gasteiger charge is 2.39. The zero-order chi connectivity index (χ0) is 13.9. The van der Waals surface area contributed by atoms with Gasteiger partial charge in [0.1, 0.15) is 0 Å². The van der Waals surface area contributed by atoms with E-state index in [1.54, 1.807) is 14.1 Å². The van der Waals surface area contributed by atoms with Crippen LogP contribution < -0.4 is 0 Å². The standard InChI is InChI=1S/C11H18N4O2S/c1-13(2)6-5-12-7-8-9(16)14(3)11(18)15(4)10(8)17/h7-8H,5-6H2,1-4H3. The van der Waals surface area contributed by atoms with Gasteiger partial charge in [-0.2, -0.15) is 0 Å². The molecule has 0 saturated carbocycles. The van der Waals surface area contributed by atoms with Gasteiger partial charge in [-0.1, -0.05) is 0 Å². The number of likely N-dealkylation sites (N-methyl/N-ethyl adjacent to an activating group) is 1. The van der Waals surface area contributed by atoms with Gasteiger partial charge < -0.3 is 4.90 Å². The maximum absolute atomic E-state index is 11.9. The normalized spacial score (nSPS) is 18.6. The van der Waals surface area contributed by atoms with Gasteiger partial charge in [0.05, 0.1) is 6.54 Å². The molecule has 0 unspecified atom stereocenters. The Morgan fingerprint density at radius 2 is 1.78 bits per heavy atom. The molecule has 0 N–H and O–H groups in total. The van der Waals surface area contributed by atoms with Crippen molar-refractivity contribution in [1.29, 1.82) is 0 Å². The lowest BCUT2D eigenvalue weighted by Crippen LogP contribution is -2.57. The average molecular weight is 270 g/mol. The minimum Gasteiger partial charge on any atom is -0.308 e. The van der Waals surface area contributed by atoms with E-state index in [1.807, 2.05) is 19.0 Å². The third-order valence-electron chi connectivity index (χ3n) is 2.70. The van der Waals surface area contributed by atoms with Gasteiger partial charge in [-0.15, -0.1) is 0 Å². The fraction of sp³-hybridized carbons (Fsp3) is 0.636. The number of aliphatic imine (C=N–C) groups is 1. The van der Waals surface area contributed by atoms with E-state index in [1.165, 1.54) is 16.0 Å². The summed E-state index contributed by atoms with van der Waals surface area (Å²) in [5, 5.41) is 0.225. The van der Waals surface area contributed by atoms with Crippen molar-refractivity contribution in [2.45, 2.75) is 0 Å². The summed E-state index contributed by atoms with van der Waals surface area (Å²) in [6.45, 7) is 1.33. The summed E-state index contributed by atoms with van der Waals surface area (Å²) in [5.74, 6) is -1.50. The number of hydrogen-bond acceptors (Lipinski definition) is 5. The average Bonchev–Trinajstić information content (AvgIpc) is 2.32. The lowest BCUT2D eigenvalue weighted by Gasteiger charge is -2.33. The molecule has 0 aromatic heterocycles. The van der Waals surface area contributed by atoms with Crippen molar-refractivity contribution in [2.75, 3.05) is 41.3 Å². The van der Waals surface area contributed by atoms with Crippen LogP contribution in [0.3, 0.4) is 0 Å². The summed E-state index contributed by atoms with van der Waals surface area (Å²) in [6, 6.07) is 0. The Bertz CT molecular complexity index is 371. The Balaban J connectivity index is 2.72. The first-order valence-corrected chi connectivity index (χ1v) is 6.01. The molecule has 7 heteroatoms. The van der Waals surface area contributed by atoms with Crippen LogP contribution in [0.25, 0.3) is 0 Å². The van der Waals surface area contributed by atoms with E-state index < -0.39 is 5.92 Å². The third-order valence-corrected chi connectivity index (χ3v) is 3.25. The van der Waals surface area contributed by atoms with E-state index >= 15 is 0 Å². The van der Waals surface area contributed by atoms with Crippen molar-refractivity contribution < 1.29 is 9.59 Å².